The van der Waals surface area contributed by atoms with Crippen LogP contribution >= 0.6 is 0 Å². The molecule has 1 aliphatic heterocycles. The van der Waals surface area contributed by atoms with E-state index >= 15 is 0 Å². The van der Waals surface area contributed by atoms with Crippen molar-refractivity contribution in [3.63, 3.8) is 0 Å². The molecule has 0 N–H and O–H groups in total. The molecule has 1 heterocycles. The number of likely N-dealkylation sites (tertiary alicyclic amines) is 1. The molecule has 1 saturated carbocycles. The van der Waals surface area contributed by atoms with E-state index in [0.717, 1.165) is 0 Å². The lowest BCUT2D eigenvalue weighted by atomic mass is 9.46. The normalized spacial score (nSPS) is 29.2. The largest absolute Gasteiger partial charge is 0.460 e. The molecule has 2 amide bonds. The van der Waals surface area contributed by atoms with E-state index in [-0.39, 0.29) is 17.2 Å². The SMILES string of the molecule is CC(C)[C@@]12C=C[C@@](C)(CC1)[C@@H]1C(=O)N(CCC(F)(F)C(F)(F)C(F)(F)C(F)(F)C(F)(F)C(F)(F)C(F)(F)C(F)(F)F)C(=O)[C@@H]12. The van der Waals surface area contributed by atoms with Crippen LogP contribution in [0.25, 0.3) is 0 Å². The summed E-state index contributed by atoms with van der Waals surface area (Å²) in [5.74, 6) is -62.5. The number of carbonyl (C=O) groups is 2. The number of halogens is 17. The van der Waals surface area contributed by atoms with Gasteiger partial charge in [0.1, 0.15) is 0 Å². The van der Waals surface area contributed by atoms with Crippen molar-refractivity contribution < 1.29 is 84.2 Å². The van der Waals surface area contributed by atoms with Gasteiger partial charge in [-0.25, -0.2) is 0 Å². The molecule has 2 fully saturated rings. The van der Waals surface area contributed by atoms with Crippen molar-refractivity contribution in [2.24, 2.45) is 28.6 Å². The van der Waals surface area contributed by atoms with Crippen molar-refractivity contribution in [1.29, 1.82) is 0 Å². The van der Waals surface area contributed by atoms with E-state index in [1.54, 1.807) is 26.0 Å². The maximum Gasteiger partial charge on any atom is 0.460 e. The summed E-state index contributed by atoms with van der Waals surface area (Å²) in [4.78, 5) is 26.2. The number of amides is 2. The van der Waals surface area contributed by atoms with Crippen LogP contribution in [-0.2, 0) is 9.59 Å². The van der Waals surface area contributed by atoms with E-state index in [2.05, 4.69) is 0 Å². The zero-order chi connectivity index (χ0) is 34.7. The van der Waals surface area contributed by atoms with E-state index in [4.69, 9.17) is 0 Å². The van der Waals surface area contributed by atoms with Gasteiger partial charge in [0.2, 0.25) is 11.8 Å². The summed E-state index contributed by atoms with van der Waals surface area (Å²) in [6, 6.07) is 0. The maximum absolute atomic E-state index is 14.5. The van der Waals surface area contributed by atoms with Gasteiger partial charge in [0.25, 0.3) is 0 Å². The molecule has 4 aliphatic rings. The zero-order valence-electron chi connectivity index (χ0n) is 22.4. The van der Waals surface area contributed by atoms with Crippen LogP contribution < -0.4 is 0 Å². The summed E-state index contributed by atoms with van der Waals surface area (Å²) in [5.41, 5.74) is -2.10. The van der Waals surface area contributed by atoms with Crippen LogP contribution in [-0.4, -0.2) is 70.9 Å². The highest BCUT2D eigenvalue weighted by atomic mass is 19.4. The van der Waals surface area contributed by atoms with Crippen molar-refractivity contribution in [2.45, 2.75) is 87.7 Å². The Hall–Kier alpha value is -2.31. The highest BCUT2D eigenvalue weighted by Crippen LogP contribution is 2.66. The second-order valence-electron chi connectivity index (χ2n) is 11.8. The first kappa shape index (κ1) is 36.2. The fraction of sp³-hybridized carbons (Fsp3) is 0.833. The quantitative estimate of drug-likeness (QED) is 0.133. The van der Waals surface area contributed by atoms with E-state index in [9.17, 15) is 84.2 Å². The van der Waals surface area contributed by atoms with Crippen LogP contribution in [0, 0.1) is 28.6 Å². The summed E-state index contributed by atoms with van der Waals surface area (Å²) >= 11 is 0. The molecular weight excluding hydrogens is 657 g/mol. The third-order valence-corrected chi connectivity index (χ3v) is 9.07. The average Bonchev–Trinajstić information content (AvgIpc) is 3.13. The molecule has 0 aromatic heterocycles. The Kier molecular flexibility index (Phi) is 7.89. The Bertz CT molecular complexity index is 1220. The first-order valence-corrected chi connectivity index (χ1v) is 12.5. The van der Waals surface area contributed by atoms with Crippen molar-refractivity contribution in [3.8, 4) is 0 Å². The van der Waals surface area contributed by atoms with Crippen molar-refractivity contribution >= 4 is 11.8 Å². The first-order valence-electron chi connectivity index (χ1n) is 12.5. The lowest BCUT2D eigenvalue weighted by Crippen LogP contribution is -2.74. The minimum absolute atomic E-state index is 0.0457. The van der Waals surface area contributed by atoms with Crippen LogP contribution in [0.4, 0.5) is 74.6 Å². The molecule has 44 heavy (non-hydrogen) atoms. The number of hydrogen-bond donors (Lipinski definition) is 0. The molecule has 1 saturated heterocycles. The Morgan fingerprint density at radius 1 is 0.659 bits per heavy atom. The van der Waals surface area contributed by atoms with Gasteiger partial charge in [-0.2, -0.15) is 74.6 Å². The number of imide groups is 1. The molecule has 0 spiro atoms. The third kappa shape index (κ3) is 4.22. The predicted molar refractivity (Wildman–Crippen MR) is 113 cm³/mol. The molecule has 4 rings (SSSR count). The molecule has 3 nitrogen and oxygen atoms in total. The molecule has 20 heteroatoms. The molecule has 0 radical (unpaired) electrons. The predicted octanol–water partition coefficient (Wildman–Crippen LogP) is 8.00. The summed E-state index contributed by atoms with van der Waals surface area (Å²) in [5, 5.41) is 0. The monoisotopic (exact) mass is 679 g/mol. The number of alkyl halides is 17. The fourth-order valence-electron chi connectivity index (χ4n) is 6.12. The molecule has 0 unspecified atom stereocenters. The van der Waals surface area contributed by atoms with Crippen LogP contribution in [0.15, 0.2) is 12.2 Å². The summed E-state index contributed by atoms with van der Waals surface area (Å²) in [6.07, 6.45) is -6.91. The molecule has 4 atom stereocenters. The first-order chi connectivity index (χ1) is 19.3. The average molecular weight is 679 g/mol. The van der Waals surface area contributed by atoms with Crippen molar-refractivity contribution in [3.05, 3.63) is 12.2 Å². The Balaban J connectivity index is 1.94. The van der Waals surface area contributed by atoms with Gasteiger partial charge in [-0.15, -0.1) is 0 Å². The number of hydrogen-bond acceptors (Lipinski definition) is 2. The second-order valence-corrected chi connectivity index (χ2v) is 11.8. The van der Waals surface area contributed by atoms with Gasteiger partial charge < -0.3 is 0 Å². The summed E-state index contributed by atoms with van der Waals surface area (Å²) in [6.45, 7) is 2.87. The zero-order valence-corrected chi connectivity index (χ0v) is 22.4. The van der Waals surface area contributed by atoms with E-state index in [1.807, 2.05) is 0 Å². The highest BCUT2D eigenvalue weighted by molar-refractivity contribution is 6.06. The van der Waals surface area contributed by atoms with E-state index in [0.29, 0.717) is 6.42 Å². The highest BCUT2D eigenvalue weighted by Gasteiger charge is 2.95. The lowest BCUT2D eigenvalue weighted by Gasteiger charge is -2.55. The minimum atomic E-state index is -8.72. The molecule has 254 valence electrons. The molecule has 2 bridgehead atoms. The minimum Gasteiger partial charge on any atom is -0.282 e. The molecule has 3 aliphatic carbocycles. The van der Waals surface area contributed by atoms with Gasteiger partial charge in [0.15, 0.2) is 0 Å². The topological polar surface area (TPSA) is 37.4 Å². The van der Waals surface area contributed by atoms with Crippen LogP contribution in [0.5, 0.6) is 0 Å². The smallest absolute Gasteiger partial charge is 0.282 e. The van der Waals surface area contributed by atoms with Crippen LogP contribution in [0.1, 0.15) is 40.0 Å². The van der Waals surface area contributed by atoms with Crippen LogP contribution in [0.2, 0.25) is 0 Å². The van der Waals surface area contributed by atoms with Crippen LogP contribution in [0.3, 0.4) is 0 Å². The number of nitrogens with zero attached hydrogens (tertiary/aromatic N) is 1. The van der Waals surface area contributed by atoms with E-state index < -0.39 is 95.1 Å². The van der Waals surface area contributed by atoms with Gasteiger partial charge >= 0.3 is 47.6 Å². The summed E-state index contributed by atoms with van der Waals surface area (Å²) < 4.78 is 230. The third-order valence-electron chi connectivity index (χ3n) is 9.07. The molecule has 0 aromatic rings. The van der Waals surface area contributed by atoms with Gasteiger partial charge in [0, 0.05) is 18.4 Å². The number of allylic oxidation sites excluding steroid dienone is 2. The lowest BCUT2D eigenvalue weighted by molar-refractivity contribution is -0.461. The van der Waals surface area contributed by atoms with Gasteiger partial charge in [0.05, 0.1) is 11.8 Å². The molecular formula is C24H22F17NO2. The maximum atomic E-state index is 14.5. The Labute approximate surface area is 236 Å². The summed E-state index contributed by atoms with van der Waals surface area (Å²) in [7, 11) is 0. The molecule has 0 aromatic carbocycles. The Morgan fingerprint density at radius 3 is 1.45 bits per heavy atom. The van der Waals surface area contributed by atoms with Gasteiger partial charge in [-0.1, -0.05) is 32.9 Å². The second kappa shape index (κ2) is 9.61. The Morgan fingerprint density at radius 2 is 1.07 bits per heavy atom. The van der Waals surface area contributed by atoms with Crippen molar-refractivity contribution in [2.75, 3.05) is 6.54 Å². The van der Waals surface area contributed by atoms with Gasteiger partial charge in [-0.05, 0) is 24.2 Å². The number of carbonyl (C=O) groups excluding carboxylic acids is 2. The number of rotatable bonds is 10. The standard InChI is InChI=1S/C24H22F17NO2/c1-10(2)16-6-4-15(3,5-7-16)11-12(16)14(44)42(13(11)43)9-8-17(25,26)18(27,28)19(29,30)20(31,32)21(33,34)22(35,36)23(37,38)24(39,40)41/h4,6,10-12H,5,7-9H2,1-3H3/t11-,12+,15-,16+/m0/s1. The van der Waals surface area contributed by atoms with E-state index in [1.165, 1.54) is 6.92 Å². The van der Waals surface area contributed by atoms with Gasteiger partial charge in [-0.3, -0.25) is 14.5 Å². The fourth-order valence-corrected chi connectivity index (χ4v) is 6.12. The number of fused-ring (bicyclic) bond motifs is 1. The van der Waals surface area contributed by atoms with Crippen molar-refractivity contribution in [1.82, 2.24) is 4.90 Å².